The molecule has 0 saturated heterocycles. The molecular formula is C31H42N4O7. The van der Waals surface area contributed by atoms with Crippen LogP contribution in [0.5, 0.6) is 5.75 Å². The number of carbonyl (C=O) groups excluding carboxylic acids is 3. The van der Waals surface area contributed by atoms with Crippen LogP contribution in [-0.2, 0) is 20.8 Å². The molecule has 2 saturated carbocycles. The molecule has 4 aliphatic carbocycles. The number of aliphatic hydroxyl groups is 3. The van der Waals surface area contributed by atoms with Crippen molar-refractivity contribution < 1.29 is 34.8 Å². The Kier molecular flexibility index (Phi) is 7.78. The molecule has 0 bridgehead atoms. The van der Waals surface area contributed by atoms with Gasteiger partial charge in [0, 0.05) is 44.9 Å². The van der Waals surface area contributed by atoms with E-state index in [1.807, 2.05) is 25.1 Å². The Hall–Kier alpha value is -3.57. The number of hydrogen-bond donors (Lipinski definition) is 6. The van der Waals surface area contributed by atoms with Crippen LogP contribution in [0.4, 0.5) is 11.4 Å². The Bertz CT molecular complexity index is 1390. The number of amides is 1. The molecule has 1 amide bonds. The molecule has 0 heterocycles. The first-order chi connectivity index (χ1) is 19.8. The van der Waals surface area contributed by atoms with Crippen LogP contribution in [0.15, 0.2) is 23.0 Å². The predicted molar refractivity (Wildman–Crippen MR) is 159 cm³/mol. The van der Waals surface area contributed by atoms with Gasteiger partial charge in [0.05, 0.1) is 17.3 Å². The Balaban J connectivity index is 1.65. The molecular weight excluding hydrogens is 540 g/mol. The zero-order valence-electron chi connectivity index (χ0n) is 25.0. The Morgan fingerprint density at radius 2 is 1.74 bits per heavy atom. The zero-order chi connectivity index (χ0) is 30.7. The van der Waals surface area contributed by atoms with E-state index in [2.05, 4.69) is 10.6 Å². The van der Waals surface area contributed by atoms with E-state index in [0.717, 1.165) is 18.5 Å². The first kappa shape index (κ1) is 29.9. The summed E-state index contributed by atoms with van der Waals surface area (Å²) in [6, 6.07) is 0.785. The highest BCUT2D eigenvalue weighted by molar-refractivity contribution is 6.25. The molecule has 0 unspecified atom stereocenters. The standard InChI is InChI=1S/C31H42N4O7/c1-32-30(41)23-27(38)24(35(4)5)18-12-16-11-17-20(34(2)3)13-19(33-14-15-9-7-6-8-10-15)25(36)22(17)26(37)21(16)28(39)31(18,42)29(23)40/h13,15-16,18,24,33,36-37,40,42H,6-12,14H2,1-5H3,(H,32,41)/t16-,18-,24-,31-/m0/s1. The zero-order valence-corrected chi connectivity index (χ0v) is 25.0. The van der Waals surface area contributed by atoms with E-state index in [0.29, 0.717) is 23.7 Å². The van der Waals surface area contributed by atoms with Crippen LogP contribution < -0.4 is 15.5 Å². The molecule has 228 valence electrons. The number of phenols is 1. The molecule has 0 radical (unpaired) electrons. The van der Waals surface area contributed by atoms with Gasteiger partial charge in [-0.25, -0.2) is 0 Å². The SMILES string of the molecule is CNC(=O)C1=C(O)[C@@]2(O)C(=O)C3=C(O)c4c(O)c(NCC5CCCCC5)cc(N(C)C)c4C[C@H]3C[C@H]2[C@H](N(C)C)C1=O. The number of anilines is 2. The summed E-state index contributed by atoms with van der Waals surface area (Å²) < 4.78 is 0. The van der Waals surface area contributed by atoms with E-state index in [1.54, 1.807) is 14.1 Å². The van der Waals surface area contributed by atoms with E-state index >= 15 is 0 Å². The number of nitrogens with zero attached hydrogens (tertiary/aromatic N) is 2. The minimum Gasteiger partial charge on any atom is -0.508 e. The molecule has 4 aliphatic rings. The molecule has 42 heavy (non-hydrogen) atoms. The quantitative estimate of drug-likeness (QED) is 0.217. The van der Waals surface area contributed by atoms with Crippen molar-refractivity contribution in [3.05, 3.63) is 34.1 Å². The number of benzene rings is 1. The first-order valence-electron chi connectivity index (χ1n) is 14.7. The van der Waals surface area contributed by atoms with Crippen LogP contribution >= 0.6 is 0 Å². The number of fused-ring (bicyclic) bond motifs is 3. The fourth-order valence-electron chi connectivity index (χ4n) is 7.58. The highest BCUT2D eigenvalue weighted by Gasteiger charge is 2.64. The van der Waals surface area contributed by atoms with Gasteiger partial charge in [-0.3, -0.25) is 19.3 Å². The fraction of sp³-hybridized carbons (Fsp3) is 0.581. The third-order valence-electron chi connectivity index (χ3n) is 9.69. The third kappa shape index (κ3) is 4.44. The van der Waals surface area contributed by atoms with Crippen molar-refractivity contribution in [3.8, 4) is 5.75 Å². The second-order valence-electron chi connectivity index (χ2n) is 12.6. The first-order valence-corrected chi connectivity index (χ1v) is 14.7. The summed E-state index contributed by atoms with van der Waals surface area (Å²) >= 11 is 0. The van der Waals surface area contributed by atoms with Crippen LogP contribution in [0.2, 0.25) is 0 Å². The number of phenolic OH excluding ortho intramolecular Hbond substituents is 1. The van der Waals surface area contributed by atoms with E-state index in [9.17, 15) is 34.8 Å². The lowest BCUT2D eigenvalue weighted by molar-refractivity contribution is -0.153. The van der Waals surface area contributed by atoms with Crippen LogP contribution in [0.1, 0.15) is 49.7 Å². The molecule has 0 aromatic heterocycles. The predicted octanol–water partition coefficient (Wildman–Crippen LogP) is 2.28. The van der Waals surface area contributed by atoms with Crippen molar-refractivity contribution in [1.82, 2.24) is 10.2 Å². The average molecular weight is 583 g/mol. The lowest BCUT2D eigenvalue weighted by Gasteiger charge is -2.50. The summed E-state index contributed by atoms with van der Waals surface area (Å²) in [4.78, 5) is 43.7. The van der Waals surface area contributed by atoms with Crippen molar-refractivity contribution >= 4 is 34.6 Å². The molecule has 11 nitrogen and oxygen atoms in total. The van der Waals surface area contributed by atoms with Crippen LogP contribution in [-0.4, -0.2) is 96.2 Å². The molecule has 4 atom stereocenters. The van der Waals surface area contributed by atoms with Crippen LogP contribution in [0.3, 0.4) is 0 Å². The van der Waals surface area contributed by atoms with Gasteiger partial charge in [-0.1, -0.05) is 19.3 Å². The Morgan fingerprint density at radius 3 is 2.33 bits per heavy atom. The molecule has 0 spiro atoms. The molecule has 1 aromatic rings. The summed E-state index contributed by atoms with van der Waals surface area (Å²) in [5.74, 6) is -5.44. The second kappa shape index (κ2) is 10.9. The van der Waals surface area contributed by atoms with Gasteiger partial charge in [-0.15, -0.1) is 0 Å². The van der Waals surface area contributed by atoms with Gasteiger partial charge in [0.25, 0.3) is 5.91 Å². The number of likely N-dealkylation sites (N-methyl/N-ethyl adjacent to an activating group) is 2. The topological polar surface area (TPSA) is 163 Å². The summed E-state index contributed by atoms with van der Waals surface area (Å²) in [6.07, 6.45) is 6.14. The minimum atomic E-state index is -2.61. The maximum absolute atomic E-state index is 14.2. The van der Waals surface area contributed by atoms with E-state index < -0.39 is 58.0 Å². The molecule has 11 heteroatoms. The van der Waals surface area contributed by atoms with E-state index in [4.69, 9.17) is 0 Å². The minimum absolute atomic E-state index is 0.0794. The van der Waals surface area contributed by atoms with Gasteiger partial charge >= 0.3 is 0 Å². The molecule has 2 fully saturated rings. The van der Waals surface area contributed by atoms with Gasteiger partial charge in [0.2, 0.25) is 5.78 Å². The summed E-state index contributed by atoms with van der Waals surface area (Å²) in [7, 11) is 8.24. The number of aliphatic hydroxyl groups excluding tert-OH is 2. The highest BCUT2D eigenvalue weighted by Crippen LogP contribution is 2.54. The van der Waals surface area contributed by atoms with Gasteiger partial charge < -0.3 is 36.0 Å². The maximum atomic E-state index is 14.2. The van der Waals surface area contributed by atoms with E-state index in [1.165, 1.54) is 31.2 Å². The van der Waals surface area contributed by atoms with Gasteiger partial charge in [-0.2, -0.15) is 0 Å². The normalized spacial score (nSPS) is 27.9. The number of aromatic hydroxyl groups is 1. The monoisotopic (exact) mass is 582 g/mol. The van der Waals surface area contributed by atoms with Crippen molar-refractivity contribution in [1.29, 1.82) is 0 Å². The summed E-state index contributed by atoms with van der Waals surface area (Å²) in [5, 5.41) is 51.9. The maximum Gasteiger partial charge on any atom is 0.258 e. The van der Waals surface area contributed by atoms with Crippen LogP contribution in [0, 0.1) is 17.8 Å². The van der Waals surface area contributed by atoms with Gasteiger partial charge in [-0.05, 0) is 63.2 Å². The summed E-state index contributed by atoms with van der Waals surface area (Å²) in [5.41, 5.74) is -1.45. The second-order valence-corrected chi connectivity index (χ2v) is 12.6. The summed E-state index contributed by atoms with van der Waals surface area (Å²) in [6.45, 7) is 0.667. The van der Waals surface area contributed by atoms with Crippen molar-refractivity contribution in [3.63, 3.8) is 0 Å². The number of hydrogen-bond acceptors (Lipinski definition) is 10. The number of carbonyl (C=O) groups is 3. The van der Waals surface area contributed by atoms with Gasteiger partial charge in [0.15, 0.2) is 11.4 Å². The Labute approximate surface area is 245 Å². The lowest BCUT2D eigenvalue weighted by Crippen LogP contribution is -2.65. The molecule has 6 N–H and O–H groups in total. The smallest absolute Gasteiger partial charge is 0.258 e. The average Bonchev–Trinajstić information content (AvgIpc) is 2.94. The largest absolute Gasteiger partial charge is 0.508 e. The number of nitrogens with one attached hydrogen (secondary N) is 2. The van der Waals surface area contributed by atoms with Crippen molar-refractivity contribution in [2.75, 3.05) is 52.0 Å². The van der Waals surface area contributed by atoms with Crippen LogP contribution in [0.25, 0.3) is 5.76 Å². The van der Waals surface area contributed by atoms with Gasteiger partial charge in [0.1, 0.15) is 22.8 Å². The molecule has 1 aromatic carbocycles. The number of ketones is 2. The van der Waals surface area contributed by atoms with Crippen molar-refractivity contribution in [2.24, 2.45) is 17.8 Å². The Morgan fingerprint density at radius 1 is 1.07 bits per heavy atom. The molecule has 5 rings (SSSR count). The van der Waals surface area contributed by atoms with Crippen molar-refractivity contribution in [2.45, 2.75) is 56.6 Å². The fourth-order valence-corrected chi connectivity index (χ4v) is 7.58. The third-order valence-corrected chi connectivity index (χ3v) is 9.69. The van der Waals surface area contributed by atoms with E-state index in [-0.39, 0.29) is 29.7 Å². The lowest BCUT2D eigenvalue weighted by atomic mass is 9.57. The number of rotatable bonds is 6. The molecule has 0 aliphatic heterocycles. The highest BCUT2D eigenvalue weighted by atomic mass is 16.3. The number of Topliss-reactive ketones (excluding diaryl/α,β-unsaturated/α-hetero) is 2.